The van der Waals surface area contributed by atoms with Gasteiger partial charge in [-0.25, -0.2) is 8.42 Å². The Hall–Kier alpha value is -3.65. The quantitative estimate of drug-likeness (QED) is 0.257. The maximum atomic E-state index is 13.4. The van der Waals surface area contributed by atoms with Gasteiger partial charge in [0.1, 0.15) is 17.2 Å². The lowest BCUT2D eigenvalue weighted by Crippen LogP contribution is -2.37. The number of anilines is 1. The van der Waals surface area contributed by atoms with Crippen molar-refractivity contribution in [2.75, 3.05) is 57.5 Å². The molecule has 0 radical (unpaired) electrons. The molecule has 0 aliphatic carbocycles. The van der Waals surface area contributed by atoms with Gasteiger partial charge in [0.2, 0.25) is 21.8 Å². The van der Waals surface area contributed by atoms with Crippen LogP contribution in [0.5, 0.6) is 11.5 Å². The molecule has 12 nitrogen and oxygen atoms in total. The molecule has 1 saturated heterocycles. The average molecular weight is 603 g/mol. The predicted octanol–water partition coefficient (Wildman–Crippen LogP) is 3.45. The third-order valence-corrected chi connectivity index (χ3v) is 8.15. The van der Waals surface area contributed by atoms with Crippen LogP contribution >= 0.6 is 11.6 Å². The van der Waals surface area contributed by atoms with E-state index in [0.717, 1.165) is 25.2 Å². The Morgan fingerprint density at radius 3 is 2.49 bits per heavy atom. The highest BCUT2D eigenvalue weighted by atomic mass is 35.5. The molecular weight excluding hydrogens is 572 g/mol. The average Bonchev–Trinajstić information content (AvgIpc) is 3.65. The Morgan fingerprint density at radius 1 is 1.05 bits per heavy atom. The fourth-order valence-corrected chi connectivity index (χ4v) is 5.81. The van der Waals surface area contributed by atoms with Gasteiger partial charge < -0.3 is 18.6 Å². The number of benzene rings is 1. The molecule has 1 aliphatic rings. The van der Waals surface area contributed by atoms with E-state index in [0.29, 0.717) is 53.3 Å². The summed E-state index contributed by atoms with van der Waals surface area (Å²) < 4.78 is 53.0. The lowest BCUT2D eigenvalue weighted by Gasteiger charge is -2.26. The Kier molecular flexibility index (Phi) is 9.08. The SMILES string of the molecule is COc1cccc(OC)c1-n1c(NS(=O)(=O)CCc2ncc(Cl)cc2CCN2CCOCC2)nnc1-c1ccco1. The van der Waals surface area contributed by atoms with Crippen LogP contribution in [-0.4, -0.2) is 85.9 Å². The summed E-state index contributed by atoms with van der Waals surface area (Å²) in [5.74, 6) is 1.21. The van der Waals surface area contributed by atoms with Crippen LogP contribution in [0.15, 0.2) is 53.3 Å². The van der Waals surface area contributed by atoms with E-state index in [-0.39, 0.29) is 23.9 Å². The molecule has 3 aromatic heterocycles. The molecular formula is C27H31ClN6O6S. The number of ether oxygens (including phenoxy) is 3. The van der Waals surface area contributed by atoms with Gasteiger partial charge in [-0.2, -0.15) is 0 Å². The van der Waals surface area contributed by atoms with Crippen LogP contribution in [0, 0.1) is 0 Å². The van der Waals surface area contributed by atoms with Crippen LogP contribution in [0.4, 0.5) is 5.95 Å². The summed E-state index contributed by atoms with van der Waals surface area (Å²) in [6.45, 7) is 3.94. The highest BCUT2D eigenvalue weighted by Crippen LogP contribution is 2.37. The number of furan rings is 1. The molecule has 218 valence electrons. The van der Waals surface area contributed by atoms with E-state index in [4.69, 9.17) is 30.2 Å². The first-order valence-corrected chi connectivity index (χ1v) is 15.1. The summed E-state index contributed by atoms with van der Waals surface area (Å²) in [5.41, 5.74) is 2.01. The van der Waals surface area contributed by atoms with Crippen molar-refractivity contribution in [1.82, 2.24) is 24.6 Å². The zero-order valence-electron chi connectivity index (χ0n) is 22.7. The molecule has 0 bridgehead atoms. The first-order valence-electron chi connectivity index (χ1n) is 13.0. The van der Waals surface area contributed by atoms with Gasteiger partial charge >= 0.3 is 0 Å². The lowest BCUT2D eigenvalue weighted by molar-refractivity contribution is 0.0384. The topological polar surface area (TPSA) is 134 Å². The van der Waals surface area contributed by atoms with Gasteiger partial charge in [0, 0.05) is 37.9 Å². The zero-order valence-corrected chi connectivity index (χ0v) is 24.3. The lowest BCUT2D eigenvalue weighted by atomic mass is 10.1. The van der Waals surface area contributed by atoms with E-state index >= 15 is 0 Å². The van der Waals surface area contributed by atoms with Crippen molar-refractivity contribution < 1.29 is 27.0 Å². The highest BCUT2D eigenvalue weighted by molar-refractivity contribution is 7.92. The van der Waals surface area contributed by atoms with Crippen molar-refractivity contribution in [2.45, 2.75) is 12.8 Å². The number of halogens is 1. The van der Waals surface area contributed by atoms with Crippen molar-refractivity contribution in [3.63, 3.8) is 0 Å². The summed E-state index contributed by atoms with van der Waals surface area (Å²) in [7, 11) is -0.888. The van der Waals surface area contributed by atoms with E-state index in [1.54, 1.807) is 30.3 Å². The van der Waals surface area contributed by atoms with Gasteiger partial charge in [-0.1, -0.05) is 17.7 Å². The standard InChI is InChI=1S/C27H31ClN6O6S/c1-37-22-5-3-6-23(38-2)25(22)34-26(24-7-4-13-40-24)30-31-27(34)32-41(35,36)16-9-21-19(17-20(28)18-29-21)8-10-33-11-14-39-15-12-33/h3-7,13,17-18H,8-12,14-16H2,1-2H3,(H,31,32). The number of pyridine rings is 1. The molecule has 0 unspecified atom stereocenters. The molecule has 4 aromatic rings. The fourth-order valence-electron chi connectivity index (χ4n) is 4.66. The van der Waals surface area contributed by atoms with Crippen LogP contribution in [0.2, 0.25) is 5.02 Å². The number of nitrogens with one attached hydrogen (secondary N) is 1. The summed E-state index contributed by atoms with van der Waals surface area (Å²) in [6, 6.07) is 10.5. The molecule has 14 heteroatoms. The van der Waals surface area contributed by atoms with Crippen molar-refractivity contribution >= 4 is 27.6 Å². The minimum atomic E-state index is -3.91. The van der Waals surface area contributed by atoms with E-state index in [9.17, 15) is 8.42 Å². The molecule has 0 spiro atoms. The van der Waals surface area contributed by atoms with E-state index < -0.39 is 10.0 Å². The normalized spacial score (nSPS) is 14.2. The third-order valence-electron chi connectivity index (χ3n) is 6.71. The van der Waals surface area contributed by atoms with Gasteiger partial charge in [0.25, 0.3) is 0 Å². The predicted molar refractivity (Wildman–Crippen MR) is 153 cm³/mol. The maximum absolute atomic E-state index is 13.4. The number of para-hydroxylation sites is 1. The van der Waals surface area contributed by atoms with Crippen LogP contribution in [-0.2, 0) is 27.6 Å². The molecule has 0 atom stereocenters. The number of sulfonamides is 1. The Balaban J connectivity index is 1.40. The van der Waals surface area contributed by atoms with Crippen molar-refractivity contribution in [3.05, 3.63) is 65.1 Å². The molecule has 4 heterocycles. The zero-order chi connectivity index (χ0) is 28.8. The minimum Gasteiger partial charge on any atom is -0.494 e. The van der Waals surface area contributed by atoms with Gasteiger partial charge in [-0.3, -0.25) is 19.2 Å². The third kappa shape index (κ3) is 6.81. The first-order chi connectivity index (χ1) is 19.9. The second kappa shape index (κ2) is 12.9. The number of hydrogen-bond acceptors (Lipinski definition) is 10. The van der Waals surface area contributed by atoms with E-state index in [2.05, 4.69) is 24.8 Å². The monoisotopic (exact) mass is 602 g/mol. The number of nitrogens with zero attached hydrogens (tertiary/aromatic N) is 5. The largest absolute Gasteiger partial charge is 0.494 e. The number of aryl methyl sites for hydroxylation is 1. The van der Waals surface area contributed by atoms with Gasteiger partial charge in [0.05, 0.1) is 44.5 Å². The molecule has 1 N–H and O–H groups in total. The number of methoxy groups -OCH3 is 2. The second-order valence-electron chi connectivity index (χ2n) is 9.31. The highest BCUT2D eigenvalue weighted by Gasteiger charge is 2.26. The van der Waals surface area contributed by atoms with Crippen LogP contribution in [0.3, 0.4) is 0 Å². The summed E-state index contributed by atoms with van der Waals surface area (Å²) >= 11 is 6.23. The van der Waals surface area contributed by atoms with E-state index in [1.807, 2.05) is 6.07 Å². The summed E-state index contributed by atoms with van der Waals surface area (Å²) in [6.07, 6.45) is 3.91. The van der Waals surface area contributed by atoms with Crippen molar-refractivity contribution in [3.8, 4) is 28.8 Å². The van der Waals surface area contributed by atoms with Gasteiger partial charge in [0.15, 0.2) is 5.76 Å². The van der Waals surface area contributed by atoms with Crippen LogP contribution in [0.1, 0.15) is 11.3 Å². The number of aromatic nitrogens is 4. The Bertz CT molecular complexity index is 1550. The van der Waals surface area contributed by atoms with Crippen LogP contribution < -0.4 is 14.2 Å². The molecule has 0 saturated carbocycles. The maximum Gasteiger partial charge on any atom is 0.243 e. The number of morpholine rings is 1. The second-order valence-corrected chi connectivity index (χ2v) is 11.6. The molecule has 0 amide bonds. The molecule has 1 aromatic carbocycles. The minimum absolute atomic E-state index is 0.0455. The summed E-state index contributed by atoms with van der Waals surface area (Å²) in [5, 5.41) is 8.88. The molecule has 5 rings (SSSR count). The Morgan fingerprint density at radius 2 is 1.80 bits per heavy atom. The molecule has 1 aliphatic heterocycles. The van der Waals surface area contributed by atoms with Crippen LogP contribution in [0.25, 0.3) is 17.3 Å². The van der Waals surface area contributed by atoms with Crippen molar-refractivity contribution in [2.24, 2.45) is 0 Å². The van der Waals surface area contributed by atoms with Crippen molar-refractivity contribution in [1.29, 1.82) is 0 Å². The Labute approximate surface area is 243 Å². The number of rotatable bonds is 12. The van der Waals surface area contributed by atoms with E-state index in [1.165, 1.54) is 31.2 Å². The molecule has 1 fully saturated rings. The van der Waals surface area contributed by atoms with Gasteiger partial charge in [-0.05, 0) is 42.3 Å². The number of hydrogen-bond donors (Lipinski definition) is 1. The summed E-state index contributed by atoms with van der Waals surface area (Å²) in [4.78, 5) is 6.76. The fraction of sp³-hybridized carbons (Fsp3) is 0.370. The molecule has 41 heavy (non-hydrogen) atoms. The smallest absolute Gasteiger partial charge is 0.243 e. The first kappa shape index (κ1) is 28.9. The van der Waals surface area contributed by atoms with Gasteiger partial charge in [-0.15, -0.1) is 10.2 Å².